The number of carbonyl (C=O) groups is 4. The predicted octanol–water partition coefficient (Wildman–Crippen LogP) is 2.79. The molecule has 0 radical (unpaired) electrons. The number of carbonyl (C=O) groups excluding carboxylic acids is 4. The fraction of sp³-hybridized carbons (Fsp3) is 0.273. The number of esters is 1. The van der Waals surface area contributed by atoms with Gasteiger partial charge in [0.15, 0.2) is 6.61 Å². The van der Waals surface area contributed by atoms with Crippen molar-refractivity contribution in [3.8, 4) is 11.5 Å². The van der Waals surface area contributed by atoms with Crippen molar-refractivity contribution < 1.29 is 33.4 Å². The van der Waals surface area contributed by atoms with Gasteiger partial charge >= 0.3 is 5.97 Å². The molecule has 0 aliphatic carbocycles. The number of halogens is 2. The minimum Gasteiger partial charge on any atom is -0.496 e. The second-order valence-electron chi connectivity index (χ2n) is 7.16. The summed E-state index contributed by atoms with van der Waals surface area (Å²) < 4.78 is 16.2. The average molecular weight is 555 g/mol. The third-order valence-corrected chi connectivity index (χ3v) is 5.71. The highest BCUT2D eigenvalue weighted by Gasteiger charge is 2.37. The molecule has 10 nitrogen and oxygen atoms in total. The number of benzene rings is 2. The Morgan fingerprint density at radius 1 is 1.15 bits per heavy atom. The van der Waals surface area contributed by atoms with Crippen LogP contribution in [0.3, 0.4) is 0 Å². The van der Waals surface area contributed by atoms with E-state index in [2.05, 4.69) is 26.7 Å². The number of anilines is 1. The largest absolute Gasteiger partial charge is 0.496 e. The molecule has 34 heavy (non-hydrogen) atoms. The first-order chi connectivity index (χ1) is 16.2. The maximum absolute atomic E-state index is 12.8. The smallest absolute Gasteiger partial charge is 0.311 e. The van der Waals surface area contributed by atoms with Crippen LogP contribution in [0.5, 0.6) is 11.5 Å². The maximum Gasteiger partial charge on any atom is 0.311 e. The topological polar surface area (TPSA) is 123 Å². The van der Waals surface area contributed by atoms with Gasteiger partial charge in [-0.3, -0.25) is 29.6 Å². The van der Waals surface area contributed by atoms with E-state index in [1.165, 1.54) is 14.2 Å². The first kappa shape index (κ1) is 25.3. The van der Waals surface area contributed by atoms with Gasteiger partial charge in [0.2, 0.25) is 5.91 Å². The number of nitrogens with zero attached hydrogens (tertiary/aromatic N) is 1. The minimum atomic E-state index is -0.851. The van der Waals surface area contributed by atoms with Crippen LogP contribution >= 0.6 is 27.5 Å². The molecule has 3 rings (SSSR count). The monoisotopic (exact) mass is 553 g/mol. The van der Waals surface area contributed by atoms with Gasteiger partial charge in [-0.15, -0.1) is 0 Å². The lowest BCUT2D eigenvalue weighted by molar-refractivity contribution is -0.151. The molecule has 1 fully saturated rings. The van der Waals surface area contributed by atoms with Crippen LogP contribution in [0.4, 0.5) is 5.69 Å². The van der Waals surface area contributed by atoms with E-state index in [0.29, 0.717) is 10.7 Å². The Morgan fingerprint density at radius 3 is 2.44 bits per heavy atom. The van der Waals surface area contributed by atoms with Crippen LogP contribution in [-0.4, -0.2) is 56.1 Å². The first-order valence-corrected chi connectivity index (χ1v) is 11.1. The van der Waals surface area contributed by atoms with Crippen LogP contribution in [0, 0.1) is 5.92 Å². The Hall–Kier alpha value is -3.31. The predicted molar refractivity (Wildman–Crippen MR) is 126 cm³/mol. The zero-order valence-corrected chi connectivity index (χ0v) is 20.6. The fourth-order valence-electron chi connectivity index (χ4n) is 3.26. The van der Waals surface area contributed by atoms with Gasteiger partial charge in [0, 0.05) is 10.9 Å². The van der Waals surface area contributed by atoms with Crippen molar-refractivity contribution in [3.63, 3.8) is 0 Å². The molecular formula is C22H21BrClN3O7. The maximum atomic E-state index is 12.8. The lowest BCUT2D eigenvalue weighted by Gasteiger charge is -2.19. The van der Waals surface area contributed by atoms with Gasteiger partial charge in [0.25, 0.3) is 11.8 Å². The van der Waals surface area contributed by atoms with Crippen molar-refractivity contribution in [1.29, 1.82) is 0 Å². The Balaban J connectivity index is 1.55. The van der Waals surface area contributed by atoms with Crippen molar-refractivity contribution in [2.24, 2.45) is 5.92 Å². The molecule has 180 valence electrons. The quantitative estimate of drug-likeness (QED) is 0.481. The summed E-state index contributed by atoms with van der Waals surface area (Å²) >= 11 is 9.32. The molecule has 2 N–H and O–H groups in total. The van der Waals surface area contributed by atoms with E-state index >= 15 is 0 Å². The van der Waals surface area contributed by atoms with Gasteiger partial charge in [-0.05, 0) is 30.3 Å². The van der Waals surface area contributed by atoms with Crippen molar-refractivity contribution in [2.75, 3.05) is 32.7 Å². The highest BCUT2D eigenvalue weighted by Crippen LogP contribution is 2.29. The normalized spacial score (nSPS) is 15.0. The van der Waals surface area contributed by atoms with Gasteiger partial charge in [0.1, 0.15) is 17.1 Å². The SMILES string of the molecule is COc1cccc(OC)c1C(=O)NN1C[C@@H](C(=O)OCC(=O)Nc2ccc(Br)cc2Cl)CC1=O. The number of methoxy groups -OCH3 is 2. The van der Waals surface area contributed by atoms with Crippen molar-refractivity contribution in [2.45, 2.75) is 6.42 Å². The molecule has 3 amide bonds. The third kappa shape index (κ3) is 5.97. The molecule has 0 spiro atoms. The molecule has 1 saturated heterocycles. The lowest BCUT2D eigenvalue weighted by atomic mass is 10.1. The lowest BCUT2D eigenvalue weighted by Crippen LogP contribution is -2.43. The Kier molecular flexibility index (Phi) is 8.35. The van der Waals surface area contributed by atoms with Gasteiger partial charge < -0.3 is 19.5 Å². The zero-order valence-electron chi connectivity index (χ0n) is 18.2. The molecule has 1 aliphatic heterocycles. The number of hydrazine groups is 1. The molecule has 2 aromatic rings. The summed E-state index contributed by atoms with van der Waals surface area (Å²) in [6.45, 7) is -0.665. The van der Waals surface area contributed by atoms with E-state index in [9.17, 15) is 19.2 Å². The average Bonchev–Trinajstić information content (AvgIpc) is 3.18. The van der Waals surface area contributed by atoms with Gasteiger partial charge in [-0.2, -0.15) is 0 Å². The summed E-state index contributed by atoms with van der Waals surface area (Å²) in [6, 6.07) is 9.71. The van der Waals surface area contributed by atoms with Gasteiger partial charge in [-0.25, -0.2) is 0 Å². The van der Waals surface area contributed by atoms with Crippen LogP contribution in [0.15, 0.2) is 40.9 Å². The van der Waals surface area contributed by atoms with Crippen LogP contribution in [-0.2, 0) is 19.1 Å². The molecule has 1 atom stereocenters. The van der Waals surface area contributed by atoms with Crippen molar-refractivity contribution >= 4 is 56.9 Å². The highest BCUT2D eigenvalue weighted by molar-refractivity contribution is 9.10. The van der Waals surface area contributed by atoms with Crippen LogP contribution in [0.25, 0.3) is 0 Å². The number of hydrogen-bond acceptors (Lipinski definition) is 7. The summed E-state index contributed by atoms with van der Waals surface area (Å²) in [5.74, 6) is -2.77. The highest BCUT2D eigenvalue weighted by atomic mass is 79.9. The van der Waals surface area contributed by atoms with Crippen LogP contribution < -0.4 is 20.2 Å². The number of nitrogens with one attached hydrogen (secondary N) is 2. The van der Waals surface area contributed by atoms with Crippen molar-refractivity contribution in [3.05, 3.63) is 51.5 Å². The molecule has 1 heterocycles. The number of hydrogen-bond donors (Lipinski definition) is 2. The number of amides is 3. The van der Waals surface area contributed by atoms with E-state index in [4.69, 9.17) is 25.8 Å². The van der Waals surface area contributed by atoms with E-state index in [1.54, 1.807) is 36.4 Å². The van der Waals surface area contributed by atoms with Crippen molar-refractivity contribution in [1.82, 2.24) is 10.4 Å². The zero-order chi connectivity index (χ0) is 24.8. The third-order valence-electron chi connectivity index (χ3n) is 4.90. The fourth-order valence-corrected chi connectivity index (χ4v) is 3.98. The molecule has 0 saturated carbocycles. The van der Waals surface area contributed by atoms with Crippen LogP contribution in [0.2, 0.25) is 5.02 Å². The van der Waals surface area contributed by atoms with E-state index < -0.39 is 36.2 Å². The minimum absolute atomic E-state index is 0.106. The standard InChI is InChI=1S/C22H21BrClN3O7/c1-32-16-4-3-5-17(33-2)20(16)21(30)26-27-10-12(8-19(27)29)22(31)34-11-18(28)25-15-7-6-13(23)9-14(15)24/h3-7,9,12H,8,10-11H2,1-2H3,(H,25,28)(H,26,30)/t12-/m0/s1. The summed E-state index contributed by atoms with van der Waals surface area (Å²) in [5.41, 5.74) is 2.94. The van der Waals surface area contributed by atoms with E-state index in [1.807, 2.05) is 0 Å². The molecule has 0 aromatic heterocycles. The Labute approximate surface area is 208 Å². The summed E-state index contributed by atoms with van der Waals surface area (Å²) in [6.07, 6.45) is -0.178. The summed E-state index contributed by atoms with van der Waals surface area (Å²) in [5, 5.41) is 3.88. The van der Waals surface area contributed by atoms with Crippen LogP contribution in [0.1, 0.15) is 16.8 Å². The Morgan fingerprint density at radius 2 is 1.82 bits per heavy atom. The number of rotatable bonds is 8. The molecule has 2 aromatic carbocycles. The molecular weight excluding hydrogens is 534 g/mol. The van der Waals surface area contributed by atoms with Gasteiger partial charge in [0.05, 0.1) is 37.4 Å². The Bertz CT molecular complexity index is 1110. The first-order valence-electron chi connectivity index (χ1n) is 9.97. The molecule has 0 unspecified atom stereocenters. The molecule has 1 aliphatic rings. The molecule has 0 bridgehead atoms. The second-order valence-corrected chi connectivity index (χ2v) is 8.49. The number of ether oxygens (including phenoxy) is 3. The van der Waals surface area contributed by atoms with Gasteiger partial charge in [-0.1, -0.05) is 33.6 Å². The second kappa shape index (κ2) is 11.2. The summed E-state index contributed by atoms with van der Waals surface area (Å²) in [7, 11) is 2.80. The summed E-state index contributed by atoms with van der Waals surface area (Å²) in [4.78, 5) is 49.6. The van der Waals surface area contributed by atoms with E-state index in [-0.39, 0.29) is 30.0 Å². The van der Waals surface area contributed by atoms with E-state index in [0.717, 1.165) is 9.48 Å². The molecule has 12 heteroatoms.